The van der Waals surface area contributed by atoms with Gasteiger partial charge >= 0.3 is 6.09 Å². The lowest BCUT2D eigenvalue weighted by molar-refractivity contribution is -0.121. The third kappa shape index (κ3) is 9.39. The number of hydrogen-bond acceptors (Lipinski definition) is 7. The molecule has 3 aromatic rings. The quantitative estimate of drug-likeness (QED) is 0.312. The van der Waals surface area contributed by atoms with Crippen LogP contribution in [0.1, 0.15) is 52.7 Å². The minimum Gasteiger partial charge on any atom is -0.444 e. The van der Waals surface area contributed by atoms with Crippen molar-refractivity contribution < 1.29 is 27.1 Å². The van der Waals surface area contributed by atoms with E-state index < -0.39 is 45.0 Å². The molecule has 0 aliphatic rings. The Morgan fingerprint density at radius 1 is 0.976 bits per heavy atom. The predicted octanol–water partition coefficient (Wildman–Crippen LogP) is 5.52. The number of alkyl carbamates (subject to hydrolysis) is 1. The lowest BCUT2D eigenvalue weighted by Gasteiger charge is -2.23. The van der Waals surface area contributed by atoms with Crippen LogP contribution in [0.3, 0.4) is 0 Å². The smallest absolute Gasteiger partial charge is 0.414 e. The second kappa shape index (κ2) is 12.7. The van der Waals surface area contributed by atoms with Crippen molar-refractivity contribution in [2.24, 2.45) is 0 Å². The van der Waals surface area contributed by atoms with E-state index in [2.05, 4.69) is 21.4 Å². The van der Waals surface area contributed by atoms with Gasteiger partial charge < -0.3 is 10.1 Å². The van der Waals surface area contributed by atoms with Gasteiger partial charge in [-0.25, -0.2) is 22.3 Å². The minimum atomic E-state index is -3.97. The predicted molar refractivity (Wildman–Crippen MR) is 159 cm³/mol. The highest BCUT2D eigenvalue weighted by Crippen LogP contribution is 2.30. The van der Waals surface area contributed by atoms with Gasteiger partial charge in [-0.1, -0.05) is 24.3 Å². The molecule has 9 nitrogen and oxygen atoms in total. The molecule has 3 aromatic carbocycles. The van der Waals surface area contributed by atoms with Gasteiger partial charge in [-0.2, -0.15) is 5.26 Å². The van der Waals surface area contributed by atoms with Gasteiger partial charge in [-0.3, -0.25) is 10.1 Å². The number of rotatable bonds is 8. The molecule has 0 heterocycles. The summed E-state index contributed by atoms with van der Waals surface area (Å²) in [7, 11) is -3.97. The van der Waals surface area contributed by atoms with Gasteiger partial charge in [0.25, 0.3) is 5.91 Å². The highest BCUT2D eigenvalue weighted by Gasteiger charge is 2.27. The Hall–Kier alpha value is -4.27. The number of halogens is 1. The first kappa shape index (κ1) is 32.2. The maximum absolute atomic E-state index is 14.2. The Labute approximate surface area is 246 Å². The van der Waals surface area contributed by atoms with Crippen LogP contribution >= 0.6 is 0 Å². The highest BCUT2D eigenvalue weighted by atomic mass is 32.2. The van der Waals surface area contributed by atoms with Crippen LogP contribution in [0.25, 0.3) is 11.1 Å². The average Bonchev–Trinajstić information content (AvgIpc) is 2.86. The van der Waals surface area contributed by atoms with Crippen molar-refractivity contribution in [2.75, 3.05) is 5.32 Å². The largest absolute Gasteiger partial charge is 0.444 e. The summed E-state index contributed by atoms with van der Waals surface area (Å²) in [6.45, 7) is 10.2. The van der Waals surface area contributed by atoms with Gasteiger partial charge in [0.1, 0.15) is 17.5 Å². The topological polar surface area (TPSA) is 137 Å². The molecule has 3 N–H and O–H groups in total. The zero-order valence-electron chi connectivity index (χ0n) is 24.4. The van der Waals surface area contributed by atoms with Crippen molar-refractivity contribution in [3.8, 4) is 17.2 Å². The number of hydrogen-bond donors (Lipinski definition) is 3. The van der Waals surface area contributed by atoms with Crippen LogP contribution in [0.5, 0.6) is 0 Å². The van der Waals surface area contributed by atoms with Crippen molar-refractivity contribution in [2.45, 2.75) is 70.0 Å². The van der Waals surface area contributed by atoms with E-state index in [0.29, 0.717) is 22.4 Å². The fraction of sp³-hybridized carbons (Fsp3) is 0.323. The number of nitrogens with one attached hydrogen (secondary N) is 3. The fourth-order valence-corrected chi connectivity index (χ4v) is 5.70. The van der Waals surface area contributed by atoms with Crippen molar-refractivity contribution in [1.82, 2.24) is 10.0 Å². The standard InChI is InChI=1S/C31H35FN4O5S/c1-30(2,3)36-42(39,40)27-15-12-23(32)18-25(27)22-10-13-24(14-11-22)34-26(17-20-8-7-9-21(16-20)19-33)28(37)35-29(38)41-31(4,5)6/h7-16,18,26,34,36H,17H2,1-6H3,(H,35,37,38)/t26-/m0/s1. The van der Waals surface area contributed by atoms with Crippen LogP contribution in [0.15, 0.2) is 71.6 Å². The third-order valence-corrected chi connectivity index (χ3v) is 7.46. The number of anilines is 1. The molecule has 0 bridgehead atoms. The highest BCUT2D eigenvalue weighted by molar-refractivity contribution is 7.89. The maximum atomic E-state index is 14.2. The summed E-state index contributed by atoms with van der Waals surface area (Å²) in [5.74, 6) is -1.25. The van der Waals surface area contributed by atoms with E-state index in [9.17, 15) is 27.7 Å². The summed E-state index contributed by atoms with van der Waals surface area (Å²) in [4.78, 5) is 25.4. The third-order valence-electron chi connectivity index (χ3n) is 5.65. The molecule has 0 aliphatic heterocycles. The van der Waals surface area contributed by atoms with E-state index in [1.54, 1.807) is 90.1 Å². The Morgan fingerprint density at radius 3 is 2.24 bits per heavy atom. The first-order valence-electron chi connectivity index (χ1n) is 13.2. The molecule has 2 amide bonds. The van der Waals surface area contributed by atoms with Crippen LogP contribution in [0.2, 0.25) is 0 Å². The first-order valence-corrected chi connectivity index (χ1v) is 14.7. The number of ether oxygens (including phenoxy) is 1. The number of sulfonamides is 1. The number of benzene rings is 3. The molecular formula is C31H35FN4O5S. The lowest BCUT2D eigenvalue weighted by atomic mass is 10.0. The molecule has 0 radical (unpaired) electrons. The van der Waals surface area contributed by atoms with E-state index in [0.717, 1.165) is 12.1 Å². The van der Waals surface area contributed by atoms with Crippen LogP contribution in [0, 0.1) is 17.1 Å². The molecule has 0 saturated heterocycles. The number of amides is 2. The summed E-state index contributed by atoms with van der Waals surface area (Å²) in [5, 5.41) is 14.6. The van der Waals surface area contributed by atoms with Gasteiger partial charge in [0.2, 0.25) is 10.0 Å². The Kier molecular flexibility index (Phi) is 9.76. The summed E-state index contributed by atoms with van der Waals surface area (Å²) in [5.41, 5.74) is 0.633. The van der Waals surface area contributed by atoms with Gasteiger partial charge in [0.15, 0.2) is 0 Å². The van der Waals surface area contributed by atoms with E-state index in [1.807, 2.05) is 0 Å². The van der Waals surface area contributed by atoms with Crippen molar-refractivity contribution in [1.29, 1.82) is 5.26 Å². The van der Waals surface area contributed by atoms with Crippen LogP contribution in [-0.2, 0) is 26.0 Å². The summed E-state index contributed by atoms with van der Waals surface area (Å²) in [6, 6.07) is 17.8. The number of carbonyl (C=O) groups excluding carboxylic acids is 2. The van der Waals surface area contributed by atoms with E-state index in [4.69, 9.17) is 4.74 Å². The molecule has 0 fully saturated rings. The normalized spacial score (nSPS) is 12.6. The molecule has 0 unspecified atom stereocenters. The number of imide groups is 1. The number of nitriles is 1. The second-order valence-electron chi connectivity index (χ2n) is 11.8. The lowest BCUT2D eigenvalue weighted by Crippen LogP contribution is -2.45. The molecule has 11 heteroatoms. The Bertz CT molecular complexity index is 1600. The number of carbonyl (C=O) groups is 2. The van der Waals surface area contributed by atoms with Crippen LogP contribution in [-0.4, -0.2) is 37.6 Å². The van der Waals surface area contributed by atoms with E-state index in [-0.39, 0.29) is 16.9 Å². The summed E-state index contributed by atoms with van der Waals surface area (Å²) >= 11 is 0. The average molecular weight is 595 g/mol. The number of nitrogens with zero attached hydrogens (tertiary/aromatic N) is 1. The molecule has 0 saturated carbocycles. The molecule has 1 atom stereocenters. The SMILES string of the molecule is CC(C)(C)NS(=O)(=O)c1ccc(F)cc1-c1ccc(N[C@@H](Cc2cccc(C#N)c2)C(=O)NC(=O)OC(C)(C)C)cc1. The van der Waals surface area contributed by atoms with Gasteiger partial charge in [0.05, 0.1) is 16.5 Å². The van der Waals surface area contributed by atoms with Crippen molar-refractivity contribution in [3.63, 3.8) is 0 Å². The van der Waals surface area contributed by atoms with Crippen LogP contribution in [0.4, 0.5) is 14.9 Å². The molecule has 222 valence electrons. The molecule has 0 aliphatic carbocycles. The second-order valence-corrected chi connectivity index (χ2v) is 13.4. The molecule has 3 rings (SSSR count). The molecule has 42 heavy (non-hydrogen) atoms. The van der Waals surface area contributed by atoms with Crippen LogP contribution < -0.4 is 15.4 Å². The zero-order valence-corrected chi connectivity index (χ0v) is 25.2. The van der Waals surface area contributed by atoms with E-state index in [1.165, 1.54) is 6.07 Å². The molecule has 0 aromatic heterocycles. The maximum Gasteiger partial charge on any atom is 0.414 e. The summed E-state index contributed by atoms with van der Waals surface area (Å²) in [6.07, 6.45) is -0.763. The molecular weight excluding hydrogens is 559 g/mol. The Morgan fingerprint density at radius 2 is 1.64 bits per heavy atom. The van der Waals surface area contributed by atoms with E-state index >= 15 is 0 Å². The summed E-state index contributed by atoms with van der Waals surface area (Å²) < 4.78 is 48.2. The minimum absolute atomic E-state index is 0.0773. The zero-order chi connectivity index (χ0) is 31.3. The van der Waals surface area contributed by atoms with Gasteiger partial charge in [-0.05, 0) is 95.1 Å². The molecule has 0 spiro atoms. The van der Waals surface area contributed by atoms with Gasteiger partial charge in [0, 0.05) is 23.2 Å². The fourth-order valence-electron chi connectivity index (χ4n) is 4.07. The first-order chi connectivity index (χ1) is 19.5. The van der Waals surface area contributed by atoms with Crippen molar-refractivity contribution >= 4 is 27.7 Å². The van der Waals surface area contributed by atoms with Gasteiger partial charge in [-0.15, -0.1) is 0 Å². The monoisotopic (exact) mass is 594 g/mol. The Balaban J connectivity index is 1.92. The van der Waals surface area contributed by atoms with Crippen molar-refractivity contribution in [3.05, 3.63) is 83.7 Å².